The molecule has 2 atom stereocenters. The van der Waals surface area contributed by atoms with Crippen LogP contribution >= 0.6 is 0 Å². The summed E-state index contributed by atoms with van der Waals surface area (Å²) in [6.45, 7) is 6.01. The Balaban J connectivity index is 1.59. The number of ether oxygens (including phenoxy) is 1. The zero-order chi connectivity index (χ0) is 11.7. The third-order valence-corrected chi connectivity index (χ3v) is 4.03. The van der Waals surface area contributed by atoms with Gasteiger partial charge in [-0.3, -0.25) is 4.90 Å². The van der Waals surface area contributed by atoms with Gasteiger partial charge < -0.3 is 10.1 Å². The topological polar surface area (TPSA) is 24.5 Å². The van der Waals surface area contributed by atoms with Gasteiger partial charge in [-0.2, -0.15) is 0 Å². The first-order chi connectivity index (χ1) is 8.35. The quantitative estimate of drug-likeness (QED) is 0.851. The van der Waals surface area contributed by atoms with Gasteiger partial charge in [0.05, 0.1) is 7.11 Å². The van der Waals surface area contributed by atoms with Crippen LogP contribution in [0.4, 0.5) is 0 Å². The molecule has 0 amide bonds. The Labute approximate surface area is 103 Å². The second-order valence-corrected chi connectivity index (χ2v) is 5.22. The van der Waals surface area contributed by atoms with E-state index in [2.05, 4.69) is 22.3 Å². The van der Waals surface area contributed by atoms with Gasteiger partial charge in [-0.25, -0.2) is 0 Å². The first-order valence-corrected chi connectivity index (χ1v) is 6.41. The van der Waals surface area contributed by atoms with Gasteiger partial charge >= 0.3 is 0 Å². The lowest BCUT2D eigenvalue weighted by Crippen LogP contribution is -2.25. The summed E-state index contributed by atoms with van der Waals surface area (Å²) in [5.41, 5.74) is 1.39. The molecular weight excluding hydrogens is 212 g/mol. The van der Waals surface area contributed by atoms with E-state index in [1.165, 1.54) is 31.7 Å². The Morgan fingerprint density at radius 1 is 1.18 bits per heavy atom. The maximum atomic E-state index is 5.18. The summed E-state index contributed by atoms with van der Waals surface area (Å²) in [5.74, 6) is 2.71. The molecule has 0 aliphatic carbocycles. The van der Waals surface area contributed by atoms with Crippen LogP contribution in [0.15, 0.2) is 24.3 Å². The van der Waals surface area contributed by atoms with Crippen LogP contribution in [-0.4, -0.2) is 38.2 Å². The lowest BCUT2D eigenvalue weighted by atomic mass is 10.0. The zero-order valence-electron chi connectivity index (χ0n) is 10.4. The highest BCUT2D eigenvalue weighted by molar-refractivity contribution is 5.27. The van der Waals surface area contributed by atoms with E-state index >= 15 is 0 Å². The predicted octanol–water partition coefficient (Wildman–Crippen LogP) is 1.35. The van der Waals surface area contributed by atoms with E-state index in [0.29, 0.717) is 0 Å². The first kappa shape index (κ1) is 11.1. The van der Waals surface area contributed by atoms with Crippen molar-refractivity contribution in [2.45, 2.75) is 6.54 Å². The van der Waals surface area contributed by atoms with Crippen molar-refractivity contribution in [1.29, 1.82) is 0 Å². The second kappa shape index (κ2) is 4.67. The smallest absolute Gasteiger partial charge is 0.118 e. The minimum Gasteiger partial charge on any atom is -0.497 e. The highest BCUT2D eigenvalue weighted by atomic mass is 16.5. The van der Waals surface area contributed by atoms with Crippen molar-refractivity contribution in [2.75, 3.05) is 33.3 Å². The summed E-state index contributed by atoms with van der Waals surface area (Å²) in [7, 11) is 1.71. The highest BCUT2D eigenvalue weighted by Gasteiger charge is 2.35. The number of nitrogens with zero attached hydrogens (tertiary/aromatic N) is 1. The Bertz CT molecular complexity index is 364. The molecule has 2 saturated heterocycles. The zero-order valence-corrected chi connectivity index (χ0v) is 10.4. The monoisotopic (exact) mass is 232 g/mol. The lowest BCUT2D eigenvalue weighted by Gasteiger charge is -2.17. The molecule has 2 fully saturated rings. The maximum Gasteiger partial charge on any atom is 0.118 e. The van der Waals surface area contributed by atoms with E-state index in [1.807, 2.05) is 12.1 Å². The number of hydrogen-bond acceptors (Lipinski definition) is 3. The van der Waals surface area contributed by atoms with Crippen molar-refractivity contribution < 1.29 is 4.74 Å². The van der Waals surface area contributed by atoms with E-state index < -0.39 is 0 Å². The van der Waals surface area contributed by atoms with Gasteiger partial charge in [0.1, 0.15) is 5.75 Å². The van der Waals surface area contributed by atoms with Crippen LogP contribution in [0.25, 0.3) is 0 Å². The molecule has 0 spiro atoms. The van der Waals surface area contributed by atoms with E-state index in [1.54, 1.807) is 7.11 Å². The number of fused-ring (bicyclic) bond motifs is 1. The Hall–Kier alpha value is -1.06. The van der Waals surface area contributed by atoms with E-state index in [-0.39, 0.29) is 0 Å². The lowest BCUT2D eigenvalue weighted by molar-refractivity contribution is 0.305. The molecule has 2 aliphatic heterocycles. The fraction of sp³-hybridized carbons (Fsp3) is 0.571. The molecule has 3 rings (SSSR count). The molecule has 2 aliphatic rings. The first-order valence-electron chi connectivity index (χ1n) is 6.41. The van der Waals surface area contributed by atoms with Crippen molar-refractivity contribution in [2.24, 2.45) is 11.8 Å². The molecule has 1 aromatic rings. The number of benzene rings is 1. The highest BCUT2D eigenvalue weighted by Crippen LogP contribution is 2.27. The number of methoxy groups -OCH3 is 1. The molecule has 17 heavy (non-hydrogen) atoms. The molecule has 1 N–H and O–H groups in total. The molecule has 0 saturated carbocycles. The van der Waals surface area contributed by atoms with Gasteiger partial charge in [0, 0.05) is 19.6 Å². The Morgan fingerprint density at radius 3 is 2.41 bits per heavy atom. The Morgan fingerprint density at radius 2 is 1.82 bits per heavy atom. The largest absolute Gasteiger partial charge is 0.497 e. The van der Waals surface area contributed by atoms with Crippen molar-refractivity contribution >= 4 is 0 Å². The summed E-state index contributed by atoms with van der Waals surface area (Å²) in [6, 6.07) is 8.44. The van der Waals surface area contributed by atoms with Crippen LogP contribution in [-0.2, 0) is 6.54 Å². The van der Waals surface area contributed by atoms with Crippen LogP contribution < -0.4 is 10.1 Å². The van der Waals surface area contributed by atoms with Gasteiger partial charge in [0.25, 0.3) is 0 Å². The second-order valence-electron chi connectivity index (χ2n) is 5.22. The SMILES string of the molecule is COc1ccc(CN2CC3CNCC3C2)cc1. The summed E-state index contributed by atoms with van der Waals surface area (Å²) in [5, 5.41) is 3.48. The van der Waals surface area contributed by atoms with Crippen molar-refractivity contribution in [3.8, 4) is 5.75 Å². The number of nitrogens with one attached hydrogen (secondary N) is 1. The van der Waals surface area contributed by atoms with Crippen LogP contribution in [0.1, 0.15) is 5.56 Å². The van der Waals surface area contributed by atoms with E-state index in [9.17, 15) is 0 Å². The summed E-state index contributed by atoms with van der Waals surface area (Å²) in [4.78, 5) is 2.58. The van der Waals surface area contributed by atoms with Crippen LogP contribution in [0.5, 0.6) is 5.75 Å². The van der Waals surface area contributed by atoms with Gasteiger partial charge in [-0.1, -0.05) is 12.1 Å². The van der Waals surface area contributed by atoms with Gasteiger partial charge in [0.2, 0.25) is 0 Å². The van der Waals surface area contributed by atoms with Gasteiger partial charge in [-0.05, 0) is 42.6 Å². The minimum absolute atomic E-state index is 0.883. The molecule has 0 radical (unpaired) electrons. The van der Waals surface area contributed by atoms with Crippen molar-refractivity contribution in [3.05, 3.63) is 29.8 Å². The fourth-order valence-electron chi connectivity index (χ4n) is 3.07. The fourth-order valence-corrected chi connectivity index (χ4v) is 3.07. The molecular formula is C14H20N2O. The standard InChI is InChI=1S/C14H20N2O/c1-17-14-4-2-11(3-5-14)8-16-9-12-6-15-7-13(12)10-16/h2-5,12-13,15H,6-10H2,1H3. The third-order valence-electron chi connectivity index (χ3n) is 4.03. The summed E-state index contributed by atoms with van der Waals surface area (Å²) < 4.78 is 5.18. The minimum atomic E-state index is 0.883. The summed E-state index contributed by atoms with van der Waals surface area (Å²) in [6.07, 6.45) is 0. The van der Waals surface area contributed by atoms with Crippen LogP contribution in [0, 0.1) is 11.8 Å². The summed E-state index contributed by atoms with van der Waals surface area (Å²) >= 11 is 0. The van der Waals surface area contributed by atoms with Gasteiger partial charge in [0.15, 0.2) is 0 Å². The Kier molecular flexibility index (Phi) is 3.04. The van der Waals surface area contributed by atoms with Crippen molar-refractivity contribution in [1.82, 2.24) is 10.2 Å². The van der Waals surface area contributed by atoms with E-state index in [4.69, 9.17) is 4.74 Å². The number of likely N-dealkylation sites (tertiary alicyclic amines) is 1. The van der Waals surface area contributed by atoms with E-state index in [0.717, 1.165) is 24.1 Å². The molecule has 0 bridgehead atoms. The maximum absolute atomic E-state index is 5.18. The average molecular weight is 232 g/mol. The molecule has 92 valence electrons. The van der Waals surface area contributed by atoms with Crippen molar-refractivity contribution in [3.63, 3.8) is 0 Å². The molecule has 0 aromatic heterocycles. The molecule has 3 nitrogen and oxygen atoms in total. The number of rotatable bonds is 3. The predicted molar refractivity (Wildman–Crippen MR) is 68.1 cm³/mol. The third kappa shape index (κ3) is 2.31. The molecule has 2 unspecified atom stereocenters. The molecule has 1 aromatic carbocycles. The average Bonchev–Trinajstić information content (AvgIpc) is 2.90. The molecule has 2 heterocycles. The van der Waals surface area contributed by atoms with Crippen LogP contribution in [0.3, 0.4) is 0 Å². The normalized spacial score (nSPS) is 28.3. The number of hydrogen-bond donors (Lipinski definition) is 1. The molecule has 3 heteroatoms. The van der Waals surface area contributed by atoms with Gasteiger partial charge in [-0.15, -0.1) is 0 Å². The van der Waals surface area contributed by atoms with Crippen LogP contribution in [0.2, 0.25) is 0 Å².